The van der Waals surface area contributed by atoms with Gasteiger partial charge in [0.1, 0.15) is 11.5 Å². The molecular formula is C18H18F3NO3. The second-order valence-corrected chi connectivity index (χ2v) is 6.42. The Morgan fingerprint density at radius 3 is 2.44 bits per heavy atom. The maximum Gasteiger partial charge on any atom is 0.393 e. The first-order valence-corrected chi connectivity index (χ1v) is 7.91. The van der Waals surface area contributed by atoms with Gasteiger partial charge < -0.3 is 9.52 Å². The van der Waals surface area contributed by atoms with Gasteiger partial charge in [-0.05, 0) is 19.1 Å². The van der Waals surface area contributed by atoms with Gasteiger partial charge in [-0.2, -0.15) is 13.2 Å². The molecule has 0 amide bonds. The normalized spacial score (nSPS) is 21.6. The van der Waals surface area contributed by atoms with Gasteiger partial charge in [0.05, 0.1) is 18.4 Å². The van der Waals surface area contributed by atoms with Gasteiger partial charge in [-0.25, -0.2) is 0 Å². The Morgan fingerprint density at radius 2 is 1.88 bits per heavy atom. The molecule has 2 aromatic rings. The lowest BCUT2D eigenvalue weighted by molar-refractivity contribution is -0.188. The predicted octanol–water partition coefficient (Wildman–Crippen LogP) is 3.95. The van der Waals surface area contributed by atoms with Crippen LogP contribution in [-0.2, 0) is 11.3 Å². The molecule has 0 unspecified atom stereocenters. The molecule has 2 atom stereocenters. The van der Waals surface area contributed by atoms with Crippen molar-refractivity contribution in [2.24, 2.45) is 11.8 Å². The highest BCUT2D eigenvalue weighted by atomic mass is 19.4. The van der Waals surface area contributed by atoms with Crippen molar-refractivity contribution >= 4 is 5.97 Å². The lowest BCUT2D eigenvalue weighted by Crippen LogP contribution is -2.33. The zero-order valence-electron chi connectivity index (χ0n) is 13.6. The molecule has 25 heavy (non-hydrogen) atoms. The van der Waals surface area contributed by atoms with Crippen molar-refractivity contribution in [2.75, 3.05) is 13.1 Å². The van der Waals surface area contributed by atoms with Crippen molar-refractivity contribution in [3.63, 3.8) is 0 Å². The number of furan rings is 1. The summed E-state index contributed by atoms with van der Waals surface area (Å²) in [6.45, 7) is 1.66. The molecule has 0 spiro atoms. The molecular weight excluding hydrogens is 335 g/mol. The Labute approximate surface area is 142 Å². The minimum atomic E-state index is -4.52. The van der Waals surface area contributed by atoms with Crippen molar-refractivity contribution in [3.8, 4) is 11.3 Å². The number of aliphatic carboxylic acids is 1. The Hall–Kier alpha value is -2.28. The maximum atomic E-state index is 13.0. The van der Waals surface area contributed by atoms with E-state index in [0.29, 0.717) is 11.5 Å². The number of aryl methyl sites for hydroxylation is 1. The first-order valence-electron chi connectivity index (χ1n) is 7.91. The van der Waals surface area contributed by atoms with E-state index in [2.05, 4.69) is 0 Å². The number of benzene rings is 1. The number of hydrogen-bond acceptors (Lipinski definition) is 3. The third-order valence-corrected chi connectivity index (χ3v) is 4.51. The number of rotatable bonds is 4. The third kappa shape index (κ3) is 3.87. The van der Waals surface area contributed by atoms with Crippen LogP contribution in [0.1, 0.15) is 11.3 Å². The number of carboxylic acid groups (broad SMARTS) is 1. The van der Waals surface area contributed by atoms with Crippen LogP contribution in [-0.4, -0.2) is 35.2 Å². The Balaban J connectivity index is 1.71. The van der Waals surface area contributed by atoms with E-state index in [4.69, 9.17) is 9.52 Å². The van der Waals surface area contributed by atoms with E-state index in [0.717, 1.165) is 11.1 Å². The summed E-state index contributed by atoms with van der Waals surface area (Å²) >= 11 is 0. The van der Waals surface area contributed by atoms with Gasteiger partial charge in [0.25, 0.3) is 0 Å². The Morgan fingerprint density at radius 1 is 1.20 bits per heavy atom. The topological polar surface area (TPSA) is 53.7 Å². The number of nitrogens with zero attached hydrogens (tertiary/aromatic N) is 1. The minimum Gasteiger partial charge on any atom is -0.481 e. The van der Waals surface area contributed by atoms with E-state index >= 15 is 0 Å². The summed E-state index contributed by atoms with van der Waals surface area (Å²) in [5, 5.41) is 9.06. The van der Waals surface area contributed by atoms with Crippen molar-refractivity contribution in [1.29, 1.82) is 0 Å². The van der Waals surface area contributed by atoms with Crippen LogP contribution in [0.25, 0.3) is 11.3 Å². The molecule has 4 nitrogen and oxygen atoms in total. The number of hydrogen-bond donors (Lipinski definition) is 1. The standard InChI is InChI=1S/C18H18F3NO3/c1-11-2-4-12(5-3-11)16-7-6-13(25-16)8-22-9-14(17(23)24)15(10-22)18(19,20)21/h2-7,14-15H,8-10H2,1H3,(H,23,24)/t14-,15-/m1/s1. The highest BCUT2D eigenvalue weighted by Gasteiger charge is 2.52. The summed E-state index contributed by atoms with van der Waals surface area (Å²) in [6.07, 6.45) is -4.52. The quantitative estimate of drug-likeness (QED) is 0.904. The molecule has 1 fully saturated rings. The molecule has 1 aliphatic heterocycles. The van der Waals surface area contributed by atoms with Crippen LogP contribution in [0.2, 0.25) is 0 Å². The van der Waals surface area contributed by atoms with Gasteiger partial charge >= 0.3 is 12.1 Å². The van der Waals surface area contributed by atoms with Crippen LogP contribution in [0.4, 0.5) is 13.2 Å². The Bertz CT molecular complexity index is 752. The average molecular weight is 353 g/mol. The molecule has 1 aromatic heterocycles. The summed E-state index contributed by atoms with van der Waals surface area (Å²) in [5.74, 6) is -3.55. The van der Waals surface area contributed by atoms with Gasteiger partial charge in [-0.3, -0.25) is 9.69 Å². The molecule has 1 saturated heterocycles. The number of carbonyl (C=O) groups is 1. The number of carboxylic acids is 1. The van der Waals surface area contributed by atoms with Crippen LogP contribution >= 0.6 is 0 Å². The molecule has 1 aromatic carbocycles. The van der Waals surface area contributed by atoms with E-state index in [1.54, 1.807) is 12.1 Å². The zero-order valence-corrected chi connectivity index (χ0v) is 13.6. The van der Waals surface area contributed by atoms with Gasteiger partial charge in [-0.15, -0.1) is 0 Å². The van der Waals surface area contributed by atoms with E-state index in [9.17, 15) is 18.0 Å². The van der Waals surface area contributed by atoms with Gasteiger partial charge in [0, 0.05) is 18.7 Å². The fraction of sp³-hybridized carbons (Fsp3) is 0.389. The summed E-state index contributed by atoms with van der Waals surface area (Å²) in [4.78, 5) is 12.6. The van der Waals surface area contributed by atoms with Crippen LogP contribution < -0.4 is 0 Å². The lowest BCUT2D eigenvalue weighted by Gasteiger charge is -2.18. The van der Waals surface area contributed by atoms with Crippen LogP contribution in [0.15, 0.2) is 40.8 Å². The molecule has 0 saturated carbocycles. The van der Waals surface area contributed by atoms with E-state index in [1.165, 1.54) is 4.90 Å². The third-order valence-electron chi connectivity index (χ3n) is 4.51. The largest absolute Gasteiger partial charge is 0.481 e. The number of halogens is 3. The van der Waals surface area contributed by atoms with Crippen molar-refractivity contribution < 1.29 is 27.5 Å². The monoisotopic (exact) mass is 353 g/mol. The molecule has 7 heteroatoms. The first-order chi connectivity index (χ1) is 11.7. The summed E-state index contributed by atoms with van der Waals surface area (Å²) < 4.78 is 44.8. The van der Waals surface area contributed by atoms with E-state index < -0.39 is 24.0 Å². The molecule has 3 rings (SSSR count). The lowest BCUT2D eigenvalue weighted by atomic mass is 9.96. The smallest absolute Gasteiger partial charge is 0.393 e. The second-order valence-electron chi connectivity index (χ2n) is 6.42. The van der Waals surface area contributed by atoms with Gasteiger partial charge in [0.15, 0.2) is 0 Å². The Kier molecular flexibility index (Phi) is 4.60. The summed E-state index contributed by atoms with van der Waals surface area (Å²) in [5.41, 5.74) is 2.00. The molecule has 134 valence electrons. The fourth-order valence-electron chi connectivity index (χ4n) is 3.15. The van der Waals surface area contributed by atoms with Crippen LogP contribution in [0, 0.1) is 18.8 Å². The molecule has 0 aliphatic carbocycles. The highest BCUT2D eigenvalue weighted by Crippen LogP contribution is 2.38. The summed E-state index contributed by atoms with van der Waals surface area (Å²) in [7, 11) is 0. The van der Waals surface area contributed by atoms with Gasteiger partial charge in [0.2, 0.25) is 0 Å². The van der Waals surface area contributed by atoms with Crippen molar-refractivity contribution in [3.05, 3.63) is 47.7 Å². The molecule has 0 radical (unpaired) electrons. The second kappa shape index (κ2) is 6.55. The van der Waals surface area contributed by atoms with Crippen molar-refractivity contribution in [1.82, 2.24) is 4.90 Å². The fourth-order valence-corrected chi connectivity index (χ4v) is 3.15. The van der Waals surface area contributed by atoms with Crippen LogP contribution in [0.5, 0.6) is 0 Å². The maximum absolute atomic E-state index is 13.0. The van der Waals surface area contributed by atoms with E-state index in [1.807, 2.05) is 31.2 Å². The number of likely N-dealkylation sites (tertiary alicyclic amines) is 1. The van der Waals surface area contributed by atoms with Crippen molar-refractivity contribution in [2.45, 2.75) is 19.6 Å². The predicted molar refractivity (Wildman–Crippen MR) is 84.8 cm³/mol. The SMILES string of the molecule is Cc1ccc(-c2ccc(CN3C[C@@H](C(F)(F)F)[C@H](C(=O)O)C3)o2)cc1. The molecule has 0 bridgehead atoms. The minimum absolute atomic E-state index is 0.139. The van der Waals surface area contributed by atoms with E-state index in [-0.39, 0.29) is 19.6 Å². The van der Waals surface area contributed by atoms with Gasteiger partial charge in [-0.1, -0.05) is 29.8 Å². The van der Waals surface area contributed by atoms with Crippen LogP contribution in [0.3, 0.4) is 0 Å². The average Bonchev–Trinajstić information content (AvgIpc) is 3.15. The molecule has 2 heterocycles. The molecule has 1 N–H and O–H groups in total. The first kappa shape index (κ1) is 17.5. The number of alkyl halides is 3. The highest BCUT2D eigenvalue weighted by molar-refractivity contribution is 5.71. The molecule has 1 aliphatic rings. The summed E-state index contributed by atoms with van der Waals surface area (Å²) in [6, 6.07) is 11.2. The zero-order chi connectivity index (χ0) is 18.2.